The van der Waals surface area contributed by atoms with E-state index in [-0.39, 0.29) is 23.7 Å². The maximum absolute atomic E-state index is 11.6. The molecule has 1 saturated carbocycles. The van der Waals surface area contributed by atoms with Crippen LogP contribution in [0.3, 0.4) is 0 Å². The van der Waals surface area contributed by atoms with Crippen molar-refractivity contribution in [3.8, 4) is 0 Å². The van der Waals surface area contributed by atoms with Crippen molar-refractivity contribution in [2.24, 2.45) is 5.92 Å². The third kappa shape index (κ3) is 37.4. The zero-order chi connectivity index (χ0) is 27.8. The van der Waals surface area contributed by atoms with E-state index in [1.165, 1.54) is 24.8 Å². The maximum atomic E-state index is 11.6. The van der Waals surface area contributed by atoms with E-state index in [2.05, 4.69) is 18.5 Å². The van der Waals surface area contributed by atoms with Gasteiger partial charge in [0.2, 0.25) is 5.91 Å². The van der Waals surface area contributed by atoms with Crippen LogP contribution in [-0.4, -0.2) is 17.7 Å². The molecule has 0 saturated heterocycles. The van der Waals surface area contributed by atoms with Crippen LogP contribution >= 0.6 is 0 Å². The highest BCUT2D eigenvalue weighted by atomic mass is 16.1. The fourth-order valence-electron chi connectivity index (χ4n) is 2.93. The van der Waals surface area contributed by atoms with Gasteiger partial charge in [-0.1, -0.05) is 123 Å². The lowest BCUT2D eigenvalue weighted by Gasteiger charge is -2.24. The largest absolute Gasteiger partial charge is 0.354 e. The minimum absolute atomic E-state index is 0.0226. The predicted molar refractivity (Wildman–Crippen MR) is 157 cm³/mol. The van der Waals surface area contributed by atoms with Gasteiger partial charge in [0.15, 0.2) is 0 Å². The summed E-state index contributed by atoms with van der Waals surface area (Å²) in [5, 5.41) is 2.99. The average Bonchev–Trinajstić information content (AvgIpc) is 2.86. The first-order valence-electron chi connectivity index (χ1n) is 13.6. The summed E-state index contributed by atoms with van der Waals surface area (Å²) in [5.74, 6) is 0.445. The number of carbonyl (C=O) groups excluding carboxylic acids is 2. The van der Waals surface area contributed by atoms with E-state index < -0.39 is 0 Å². The average molecular weight is 480 g/mol. The van der Waals surface area contributed by atoms with Crippen LogP contribution in [-0.2, 0) is 9.59 Å². The van der Waals surface area contributed by atoms with Crippen molar-refractivity contribution < 1.29 is 9.59 Å². The Morgan fingerprint density at radius 1 is 0.794 bits per heavy atom. The van der Waals surface area contributed by atoms with Gasteiger partial charge in [-0.3, -0.25) is 9.59 Å². The van der Waals surface area contributed by atoms with E-state index in [9.17, 15) is 9.59 Å². The Morgan fingerprint density at radius 2 is 1.26 bits per heavy atom. The topological polar surface area (TPSA) is 46.2 Å². The number of hydrogen-bond acceptors (Lipinski definition) is 2. The van der Waals surface area contributed by atoms with Crippen molar-refractivity contribution in [1.29, 1.82) is 0 Å². The number of Topliss-reactive ketones (excluding diaryl/α,β-unsaturated/α-hetero) is 1. The van der Waals surface area contributed by atoms with E-state index in [0.29, 0.717) is 0 Å². The van der Waals surface area contributed by atoms with Crippen molar-refractivity contribution in [2.45, 2.75) is 134 Å². The Balaban J connectivity index is -0.000000136. The van der Waals surface area contributed by atoms with Crippen molar-refractivity contribution in [3.05, 3.63) is 49.1 Å². The Labute approximate surface area is 215 Å². The molecule has 3 nitrogen and oxygen atoms in total. The van der Waals surface area contributed by atoms with E-state index in [4.69, 9.17) is 0 Å². The highest BCUT2D eigenvalue weighted by Crippen LogP contribution is 2.22. The van der Waals surface area contributed by atoms with Crippen molar-refractivity contribution in [1.82, 2.24) is 5.32 Å². The van der Waals surface area contributed by atoms with E-state index in [1.807, 2.05) is 86.6 Å². The maximum Gasteiger partial charge on any atom is 0.217 e. The number of ketones is 1. The summed E-state index contributed by atoms with van der Waals surface area (Å²) in [7, 11) is 0. The minimum atomic E-state index is 0.0226. The summed E-state index contributed by atoms with van der Waals surface area (Å²) in [4.78, 5) is 22.7. The fourth-order valence-corrected chi connectivity index (χ4v) is 2.93. The molecule has 2 atom stereocenters. The molecule has 1 rings (SSSR count). The molecular weight excluding hydrogens is 418 g/mol. The molecule has 1 fully saturated rings. The minimum Gasteiger partial charge on any atom is -0.354 e. The molecule has 0 spiro atoms. The number of amides is 1. The normalized spacial score (nSPS) is 17.4. The van der Waals surface area contributed by atoms with Gasteiger partial charge in [0, 0.05) is 18.9 Å². The van der Waals surface area contributed by atoms with Crippen molar-refractivity contribution >= 4 is 11.7 Å². The molecule has 3 heteroatoms. The molecule has 0 aromatic heterocycles. The lowest BCUT2D eigenvalue weighted by atomic mass is 9.87. The summed E-state index contributed by atoms with van der Waals surface area (Å²) < 4.78 is 0. The van der Waals surface area contributed by atoms with E-state index in [1.54, 1.807) is 19.9 Å². The van der Waals surface area contributed by atoms with E-state index >= 15 is 0 Å². The van der Waals surface area contributed by atoms with Crippen LogP contribution in [0.4, 0.5) is 0 Å². The van der Waals surface area contributed by atoms with Crippen LogP contribution in [0.5, 0.6) is 0 Å². The van der Waals surface area contributed by atoms with Gasteiger partial charge in [-0.25, -0.2) is 0 Å². The third-order valence-corrected chi connectivity index (χ3v) is 4.76. The van der Waals surface area contributed by atoms with Crippen LogP contribution in [0.1, 0.15) is 128 Å². The molecule has 1 amide bonds. The molecule has 1 aliphatic rings. The van der Waals surface area contributed by atoms with Gasteiger partial charge < -0.3 is 5.32 Å². The number of hydrogen-bond donors (Lipinski definition) is 1. The Morgan fingerprint density at radius 3 is 1.56 bits per heavy atom. The standard InChI is InChI=1S/C14H25NO2.C6H10.C5H8.3C2H6/c1-11(16)13-8-6-4-3-5-7-9-14(10-13)15-12(2)17;1-4-6(3)5-2;1-3-5-4-2;3*1-2/h13-14H,3-10H2,1-2H3,(H,15,17);4-5H,1H2,2-3H3;3-5H,1H2,2H3;3*1-2H3/b;6-5-;5-4-;;;. The van der Waals surface area contributed by atoms with Gasteiger partial charge >= 0.3 is 0 Å². The number of nitrogens with one attached hydrogen (secondary N) is 1. The summed E-state index contributed by atoms with van der Waals surface area (Å²) in [6, 6.07) is 0.194. The molecule has 0 aromatic carbocycles. The van der Waals surface area contributed by atoms with Gasteiger partial charge in [-0.15, -0.1) is 0 Å². The van der Waals surface area contributed by atoms with Crippen LogP contribution < -0.4 is 5.32 Å². The second-order valence-corrected chi connectivity index (χ2v) is 7.28. The van der Waals surface area contributed by atoms with Gasteiger partial charge in [0.25, 0.3) is 0 Å². The van der Waals surface area contributed by atoms with Crippen LogP contribution in [0.25, 0.3) is 0 Å². The quantitative estimate of drug-likeness (QED) is 0.408. The van der Waals surface area contributed by atoms with Crippen LogP contribution in [0.2, 0.25) is 0 Å². The van der Waals surface area contributed by atoms with Gasteiger partial charge in [0.05, 0.1) is 0 Å². The van der Waals surface area contributed by atoms with Crippen molar-refractivity contribution in [3.63, 3.8) is 0 Å². The first-order valence-corrected chi connectivity index (χ1v) is 13.6. The molecule has 0 radical (unpaired) electrons. The lowest BCUT2D eigenvalue weighted by molar-refractivity contribution is -0.123. The van der Waals surface area contributed by atoms with Gasteiger partial charge in [0.1, 0.15) is 5.78 Å². The number of allylic oxidation sites excluding steroid dienone is 6. The zero-order valence-corrected chi connectivity index (χ0v) is 24.9. The Hall–Kier alpha value is -1.90. The molecule has 0 aliphatic heterocycles. The van der Waals surface area contributed by atoms with Gasteiger partial charge in [-0.05, 0) is 47.0 Å². The molecule has 1 N–H and O–H groups in total. The summed E-state index contributed by atoms with van der Waals surface area (Å²) >= 11 is 0. The summed E-state index contributed by atoms with van der Waals surface area (Å²) in [5.41, 5.74) is 1.23. The highest BCUT2D eigenvalue weighted by molar-refractivity contribution is 5.78. The number of rotatable bonds is 4. The molecular formula is C31H61NO2. The first-order chi connectivity index (χ1) is 16.3. The predicted octanol–water partition coefficient (Wildman–Crippen LogP) is 9.80. The molecule has 0 bridgehead atoms. The number of carbonyl (C=O) groups is 2. The third-order valence-electron chi connectivity index (χ3n) is 4.76. The van der Waals surface area contributed by atoms with Crippen molar-refractivity contribution in [2.75, 3.05) is 0 Å². The second kappa shape index (κ2) is 38.4. The van der Waals surface area contributed by atoms with E-state index in [0.717, 1.165) is 32.1 Å². The summed E-state index contributed by atoms with van der Waals surface area (Å²) in [6.45, 7) is 28.2. The molecule has 2 unspecified atom stereocenters. The Bertz CT molecular complexity index is 504. The molecule has 1 aliphatic carbocycles. The SMILES string of the molecule is C=C/C(C)=C\C.C=C/C=C\C.CC.CC.CC.CC(=O)NC1CCCCCCCC(C(C)=O)C1. The fraction of sp³-hybridized carbons (Fsp3) is 0.677. The van der Waals surface area contributed by atoms with Crippen LogP contribution in [0.15, 0.2) is 49.1 Å². The van der Waals surface area contributed by atoms with Crippen LogP contribution in [0, 0.1) is 5.92 Å². The zero-order valence-electron chi connectivity index (χ0n) is 24.9. The molecule has 0 aromatic rings. The molecule has 34 heavy (non-hydrogen) atoms. The van der Waals surface area contributed by atoms with Gasteiger partial charge in [-0.2, -0.15) is 0 Å². The monoisotopic (exact) mass is 479 g/mol. The first kappa shape index (κ1) is 42.3. The highest BCUT2D eigenvalue weighted by Gasteiger charge is 2.21. The molecule has 0 heterocycles. The smallest absolute Gasteiger partial charge is 0.217 e. The summed E-state index contributed by atoms with van der Waals surface area (Å²) in [6.07, 6.45) is 18.3. The molecule has 202 valence electrons. The lowest BCUT2D eigenvalue weighted by Crippen LogP contribution is -2.36. The second-order valence-electron chi connectivity index (χ2n) is 7.28. The Kier molecular flexibility index (Phi) is 47.7.